The van der Waals surface area contributed by atoms with Gasteiger partial charge in [0.2, 0.25) is 0 Å². The molecule has 0 atom stereocenters. The normalized spacial score (nSPS) is 11.4. The number of hydrogen-bond donors (Lipinski definition) is 2. The summed E-state index contributed by atoms with van der Waals surface area (Å²) in [5.74, 6) is 1.55. The molecule has 152 valence electrons. The lowest BCUT2D eigenvalue weighted by atomic mass is 9.69. The lowest BCUT2D eigenvalue weighted by molar-refractivity contribution is 0.200. The van der Waals surface area contributed by atoms with Crippen molar-refractivity contribution in [3.63, 3.8) is 0 Å². The molecule has 2 rings (SSSR count). The van der Waals surface area contributed by atoms with Gasteiger partial charge in [-0.3, -0.25) is 0 Å². The van der Waals surface area contributed by atoms with Gasteiger partial charge >= 0.3 is 0 Å². The van der Waals surface area contributed by atoms with Crippen molar-refractivity contribution in [3.8, 4) is 11.5 Å². The second kappa shape index (κ2) is 10.1. The number of aliphatic hydroxyl groups is 2. The van der Waals surface area contributed by atoms with Crippen LogP contribution in [0.3, 0.4) is 0 Å². The molecule has 0 aromatic heterocycles. The third kappa shape index (κ3) is 5.12. The first kappa shape index (κ1) is 23.3. The van der Waals surface area contributed by atoms with Crippen LogP contribution in [0.15, 0.2) is 33.2 Å². The van der Waals surface area contributed by atoms with Gasteiger partial charge in [0, 0.05) is 5.41 Å². The second-order valence-electron chi connectivity index (χ2n) is 7.17. The summed E-state index contributed by atoms with van der Waals surface area (Å²) in [6.07, 6.45) is 0. The molecule has 0 fully saturated rings. The van der Waals surface area contributed by atoms with E-state index in [4.69, 9.17) is 19.7 Å². The van der Waals surface area contributed by atoms with Gasteiger partial charge in [-0.1, -0.05) is 32.8 Å². The highest BCUT2D eigenvalue weighted by Gasteiger charge is 2.27. The van der Waals surface area contributed by atoms with E-state index in [0.29, 0.717) is 0 Å². The first-order valence-electron chi connectivity index (χ1n) is 9.37. The van der Waals surface area contributed by atoms with E-state index >= 15 is 0 Å². The summed E-state index contributed by atoms with van der Waals surface area (Å²) in [4.78, 5) is 0. The minimum absolute atomic E-state index is 0.0131. The van der Waals surface area contributed by atoms with Crippen LogP contribution in [-0.2, 0) is 5.41 Å². The van der Waals surface area contributed by atoms with Crippen molar-refractivity contribution in [2.75, 3.05) is 26.4 Å². The molecule has 0 amide bonds. The Hall–Kier alpha value is -1.02. The predicted octanol–water partition coefficient (Wildman–Crippen LogP) is 3.70. The lowest BCUT2D eigenvalue weighted by Gasteiger charge is -2.29. The molecule has 0 bridgehead atoms. The Morgan fingerprint density at radius 2 is 1.39 bits per heavy atom. The molecule has 0 unspecified atom stereocenters. The standard InChI is InChI=1S/C21H27BBr2O4/c1-13-9-14(11-17(23)19(13)27-7-5-25)21(2,3)15-10-16(22-4)20(18(24)12-15)28-8-6-26/h9-12,22,25-26H,5-8H2,1-4H3. The summed E-state index contributed by atoms with van der Waals surface area (Å²) in [5.41, 5.74) is 4.20. The quantitative estimate of drug-likeness (QED) is 0.502. The monoisotopic (exact) mass is 512 g/mol. The molecule has 0 saturated heterocycles. The molecule has 2 N–H and O–H groups in total. The average Bonchev–Trinajstić information content (AvgIpc) is 2.65. The molecule has 0 saturated carbocycles. The number of ether oxygens (including phenoxy) is 2. The third-order valence-electron chi connectivity index (χ3n) is 4.85. The number of rotatable bonds is 9. The Morgan fingerprint density at radius 3 is 1.89 bits per heavy atom. The van der Waals surface area contributed by atoms with Crippen LogP contribution in [0.1, 0.15) is 30.5 Å². The van der Waals surface area contributed by atoms with Crippen molar-refractivity contribution in [1.82, 2.24) is 0 Å². The largest absolute Gasteiger partial charge is 0.491 e. The second-order valence-corrected chi connectivity index (χ2v) is 8.88. The SMILES string of the molecule is CBc1cc(C(C)(C)c2cc(C)c(OCCO)c(Br)c2)cc(Br)c1OCCO. The van der Waals surface area contributed by atoms with Crippen LogP contribution in [0.25, 0.3) is 0 Å². The number of benzene rings is 2. The van der Waals surface area contributed by atoms with Crippen molar-refractivity contribution >= 4 is 44.6 Å². The highest BCUT2D eigenvalue weighted by atomic mass is 79.9. The van der Waals surface area contributed by atoms with Gasteiger partial charge in [-0.05, 0) is 73.1 Å². The van der Waals surface area contributed by atoms with E-state index in [9.17, 15) is 0 Å². The fraction of sp³-hybridized carbons (Fsp3) is 0.429. The molecule has 0 spiro atoms. The van der Waals surface area contributed by atoms with E-state index < -0.39 is 0 Å². The Morgan fingerprint density at radius 1 is 0.893 bits per heavy atom. The first-order chi connectivity index (χ1) is 13.3. The smallest absolute Gasteiger partial charge is 0.159 e. The van der Waals surface area contributed by atoms with Gasteiger partial charge in [-0.2, -0.15) is 0 Å². The minimum Gasteiger partial charge on any atom is -0.491 e. The maximum absolute atomic E-state index is 9.07. The van der Waals surface area contributed by atoms with Crippen molar-refractivity contribution in [3.05, 3.63) is 49.9 Å². The van der Waals surface area contributed by atoms with Crippen LogP contribution in [0.4, 0.5) is 0 Å². The minimum atomic E-state index is -0.245. The maximum Gasteiger partial charge on any atom is 0.159 e. The van der Waals surface area contributed by atoms with Gasteiger partial charge in [0.25, 0.3) is 0 Å². The topological polar surface area (TPSA) is 58.9 Å². The first-order valence-corrected chi connectivity index (χ1v) is 11.0. The van der Waals surface area contributed by atoms with Crippen LogP contribution in [0.2, 0.25) is 6.82 Å². The summed E-state index contributed by atoms with van der Waals surface area (Å²) in [5, 5.41) is 18.1. The summed E-state index contributed by atoms with van der Waals surface area (Å²) < 4.78 is 13.2. The van der Waals surface area contributed by atoms with E-state index in [-0.39, 0.29) is 31.8 Å². The van der Waals surface area contributed by atoms with E-state index in [1.807, 2.05) is 6.92 Å². The van der Waals surface area contributed by atoms with Crippen LogP contribution in [-0.4, -0.2) is 43.9 Å². The summed E-state index contributed by atoms with van der Waals surface area (Å²) in [7, 11) is 0.833. The fourth-order valence-corrected chi connectivity index (χ4v) is 4.46. The maximum atomic E-state index is 9.07. The highest BCUT2D eigenvalue weighted by Crippen LogP contribution is 2.39. The zero-order valence-corrected chi connectivity index (χ0v) is 20.0. The summed E-state index contributed by atoms with van der Waals surface area (Å²) in [6.45, 7) is 9.00. The molecular weight excluding hydrogens is 487 g/mol. The van der Waals surface area contributed by atoms with Gasteiger partial charge in [-0.25, -0.2) is 0 Å². The number of hydrogen-bond acceptors (Lipinski definition) is 4. The van der Waals surface area contributed by atoms with E-state index in [2.05, 4.69) is 76.8 Å². The van der Waals surface area contributed by atoms with Crippen molar-refractivity contribution < 1.29 is 19.7 Å². The third-order valence-corrected chi connectivity index (χ3v) is 6.03. The summed E-state index contributed by atoms with van der Waals surface area (Å²) in [6, 6.07) is 8.48. The number of aliphatic hydroxyl groups excluding tert-OH is 2. The molecule has 28 heavy (non-hydrogen) atoms. The average molecular weight is 514 g/mol. The van der Waals surface area contributed by atoms with E-state index in [1.165, 1.54) is 5.56 Å². The van der Waals surface area contributed by atoms with Crippen molar-refractivity contribution in [2.24, 2.45) is 0 Å². The predicted molar refractivity (Wildman–Crippen MR) is 123 cm³/mol. The highest BCUT2D eigenvalue weighted by molar-refractivity contribution is 9.11. The van der Waals surface area contributed by atoms with Crippen molar-refractivity contribution in [1.29, 1.82) is 0 Å². The van der Waals surface area contributed by atoms with Crippen LogP contribution in [0, 0.1) is 6.92 Å². The lowest BCUT2D eigenvalue weighted by Crippen LogP contribution is -2.25. The Bertz CT molecular complexity index is 801. The Labute approximate surface area is 184 Å². The molecule has 0 aliphatic heterocycles. The molecule has 0 aliphatic carbocycles. The molecule has 2 aromatic rings. The Kier molecular flexibility index (Phi) is 8.43. The van der Waals surface area contributed by atoms with Crippen LogP contribution < -0.4 is 14.9 Å². The van der Waals surface area contributed by atoms with Gasteiger partial charge in [0.1, 0.15) is 24.7 Å². The molecule has 0 aliphatic rings. The summed E-state index contributed by atoms with van der Waals surface area (Å²) >= 11 is 7.26. The van der Waals surface area contributed by atoms with Crippen LogP contribution >= 0.6 is 31.9 Å². The molecule has 0 heterocycles. The number of aryl methyl sites for hydroxylation is 1. The zero-order valence-electron chi connectivity index (χ0n) is 16.8. The molecule has 2 aromatic carbocycles. The fourth-order valence-electron chi connectivity index (χ4n) is 3.17. The molecular formula is C21H27BBr2O4. The van der Waals surface area contributed by atoms with Crippen molar-refractivity contribution in [2.45, 2.75) is 33.0 Å². The van der Waals surface area contributed by atoms with Gasteiger partial charge in [-0.15, -0.1) is 0 Å². The van der Waals surface area contributed by atoms with Gasteiger partial charge < -0.3 is 19.7 Å². The molecule has 4 nitrogen and oxygen atoms in total. The van der Waals surface area contributed by atoms with Crippen LogP contribution in [0.5, 0.6) is 11.5 Å². The van der Waals surface area contributed by atoms with E-state index in [1.54, 1.807) is 0 Å². The zero-order chi connectivity index (χ0) is 20.9. The molecule has 7 heteroatoms. The van der Waals surface area contributed by atoms with Gasteiger partial charge in [0.15, 0.2) is 7.28 Å². The Balaban J connectivity index is 2.48. The molecule has 0 radical (unpaired) electrons. The van der Waals surface area contributed by atoms with E-state index in [0.717, 1.165) is 44.3 Å². The number of halogens is 2. The van der Waals surface area contributed by atoms with Gasteiger partial charge in [0.05, 0.1) is 22.2 Å².